The molecule has 0 saturated carbocycles. The van der Waals surface area contributed by atoms with Gasteiger partial charge in [-0.3, -0.25) is 0 Å². The van der Waals surface area contributed by atoms with Crippen LogP contribution in [0.4, 0.5) is 0 Å². The molecule has 0 aliphatic heterocycles. The lowest BCUT2D eigenvalue weighted by molar-refractivity contribution is 0.669. The van der Waals surface area contributed by atoms with Gasteiger partial charge in [0, 0.05) is 27.5 Å². The van der Waals surface area contributed by atoms with Crippen LogP contribution in [-0.2, 0) is 0 Å². The summed E-state index contributed by atoms with van der Waals surface area (Å²) in [6, 6.07) is 24.1. The van der Waals surface area contributed by atoms with Crippen molar-refractivity contribution in [3.8, 4) is 45.0 Å². The smallest absolute Gasteiger partial charge is 0.161 e. The number of rotatable bonds is 4. The molecule has 0 radical (unpaired) electrons. The van der Waals surface area contributed by atoms with Crippen molar-refractivity contribution >= 4 is 54.3 Å². The van der Waals surface area contributed by atoms with E-state index in [9.17, 15) is 4.11 Å². The van der Waals surface area contributed by atoms with Crippen molar-refractivity contribution < 1.29 is 20.9 Å². The maximum absolute atomic E-state index is 9.69. The van der Waals surface area contributed by atoms with Gasteiger partial charge in [-0.1, -0.05) is 133 Å². The summed E-state index contributed by atoms with van der Waals surface area (Å²) in [7, 11) is 0. The van der Waals surface area contributed by atoms with E-state index in [2.05, 4.69) is 0 Å². The van der Waals surface area contributed by atoms with Crippen LogP contribution < -0.4 is 0 Å². The van der Waals surface area contributed by atoms with Crippen molar-refractivity contribution in [3.05, 3.63) is 170 Å². The fraction of sp³-hybridized carbons (Fsp3) is 0. The minimum Gasteiger partial charge on any atom is -0.456 e. The van der Waals surface area contributed by atoms with Crippen LogP contribution in [0.15, 0.2) is 174 Å². The third kappa shape index (κ3) is 4.67. The summed E-state index contributed by atoms with van der Waals surface area (Å²) in [6.45, 7) is 0. The van der Waals surface area contributed by atoms with Gasteiger partial charge in [0.05, 0.1) is 27.8 Å². The van der Waals surface area contributed by atoms with Gasteiger partial charge in [-0.15, -0.1) is 0 Å². The molecule has 49 heavy (non-hydrogen) atoms. The van der Waals surface area contributed by atoms with Crippen LogP contribution in [0.25, 0.3) is 99.3 Å². The van der Waals surface area contributed by atoms with E-state index in [0.717, 1.165) is 21.5 Å². The molecule has 0 saturated heterocycles. The molecule has 0 aliphatic carbocycles. The van der Waals surface area contributed by atoms with Crippen LogP contribution in [0.1, 0.15) is 16.4 Å². The topological polar surface area (TPSA) is 38.9 Å². The van der Waals surface area contributed by atoms with Gasteiger partial charge in [0.2, 0.25) is 0 Å². The quantitative estimate of drug-likeness (QED) is 0.193. The van der Waals surface area contributed by atoms with Gasteiger partial charge in [0.25, 0.3) is 0 Å². The molecule has 2 heterocycles. The lowest BCUT2D eigenvalue weighted by atomic mass is 9.96. The van der Waals surface area contributed by atoms with Crippen molar-refractivity contribution in [2.45, 2.75) is 0 Å². The minimum atomic E-state index is -0.556. The number of fused-ring (bicyclic) bond motifs is 6. The second-order valence-electron chi connectivity index (χ2n) is 11.6. The molecule has 3 heteroatoms. The lowest BCUT2D eigenvalue weighted by Gasteiger charge is -2.11. The SMILES string of the molecule is [2H]c1cc2c([2H])c(-c3cc(-c4ccc5ccccc5c4)nc(-c4c([2H])c([2H])c([2H])c5oc6c([2H])c([2H])c(-c7cccc8ccccc78)c([2H])c6c45)n3)c([2H])c([2H])c2c([2H])c1[2H]. The zero-order valence-corrected chi connectivity index (χ0v) is 25.5. The highest BCUT2D eigenvalue weighted by Gasteiger charge is 2.18. The van der Waals surface area contributed by atoms with Gasteiger partial charge in [0.1, 0.15) is 11.2 Å². The summed E-state index contributed by atoms with van der Waals surface area (Å²) in [5, 5.41) is 3.28. The standard InChI is InChI=1S/C46H28N2O/c1-3-12-32-25-35(21-19-29(32)9-1)41-28-42(36-22-20-30-10-2-4-13-33(30)26-36)48-46(47-41)39-17-8-18-44-45(39)40-27-34(23-24-43(40)49-44)38-16-7-14-31-11-5-6-15-37(31)38/h1-28H/i1D,3D,8D,9D,17D,18D,19D,21D,23D,24D,25D,27D. The molecule has 0 spiro atoms. The average Bonchev–Trinajstić information content (AvgIpc) is 3.67. The van der Waals surface area contributed by atoms with Crippen LogP contribution in [0.3, 0.4) is 0 Å². The molecule has 10 aromatic rings. The van der Waals surface area contributed by atoms with Crippen LogP contribution in [0, 0.1) is 0 Å². The molecule has 0 fully saturated rings. The maximum Gasteiger partial charge on any atom is 0.161 e. The van der Waals surface area contributed by atoms with Gasteiger partial charge < -0.3 is 4.42 Å². The molecule has 0 amide bonds. The highest BCUT2D eigenvalue weighted by molar-refractivity contribution is 6.13. The fourth-order valence-corrected chi connectivity index (χ4v) is 6.35. The molecular formula is C46H28N2O. The van der Waals surface area contributed by atoms with Crippen LogP contribution >= 0.6 is 0 Å². The number of furan rings is 1. The summed E-state index contributed by atoms with van der Waals surface area (Å²) in [5.41, 5.74) is 0.756. The monoisotopic (exact) mass is 636 g/mol. The largest absolute Gasteiger partial charge is 0.456 e. The molecular weight excluding hydrogens is 597 g/mol. The zero-order valence-electron chi connectivity index (χ0n) is 37.5. The summed E-state index contributed by atoms with van der Waals surface area (Å²) >= 11 is 0. The van der Waals surface area contributed by atoms with Gasteiger partial charge in [-0.05, 0) is 79.7 Å². The second kappa shape index (κ2) is 11.0. The number of benzene rings is 8. The van der Waals surface area contributed by atoms with Crippen molar-refractivity contribution in [1.29, 1.82) is 0 Å². The normalized spacial score (nSPS) is 15.1. The van der Waals surface area contributed by atoms with E-state index in [4.69, 9.17) is 26.7 Å². The molecule has 3 nitrogen and oxygen atoms in total. The second-order valence-corrected chi connectivity index (χ2v) is 11.6. The molecule has 10 rings (SSSR count). The van der Waals surface area contributed by atoms with E-state index in [-0.39, 0.29) is 96.8 Å². The first-order valence-electron chi connectivity index (χ1n) is 21.6. The van der Waals surface area contributed by atoms with Crippen LogP contribution in [0.2, 0.25) is 0 Å². The Bertz CT molecular complexity index is 3580. The Morgan fingerprint density at radius 2 is 1.27 bits per heavy atom. The first-order chi connectivity index (χ1) is 29.3. The first kappa shape index (κ1) is 18.1. The Morgan fingerprint density at radius 3 is 2.20 bits per heavy atom. The number of aromatic nitrogens is 2. The molecule has 228 valence electrons. The van der Waals surface area contributed by atoms with Gasteiger partial charge in [-0.2, -0.15) is 0 Å². The third-order valence-electron chi connectivity index (χ3n) is 8.70. The Labute approximate surface area is 299 Å². The predicted molar refractivity (Wildman–Crippen MR) is 204 cm³/mol. The Hall–Kier alpha value is -6.58. The minimum absolute atomic E-state index is 0.000144. The summed E-state index contributed by atoms with van der Waals surface area (Å²) in [5.74, 6) is -0.200. The molecule has 2 aromatic heterocycles. The van der Waals surface area contributed by atoms with Crippen molar-refractivity contribution in [2.24, 2.45) is 0 Å². The van der Waals surface area contributed by atoms with E-state index in [0.29, 0.717) is 11.1 Å². The number of hydrogen-bond donors (Lipinski definition) is 0. The van der Waals surface area contributed by atoms with E-state index < -0.39 is 42.3 Å². The average molecular weight is 637 g/mol. The van der Waals surface area contributed by atoms with E-state index >= 15 is 0 Å². The van der Waals surface area contributed by atoms with Crippen LogP contribution in [-0.4, -0.2) is 9.97 Å². The molecule has 0 N–H and O–H groups in total. The molecule has 8 aromatic carbocycles. The van der Waals surface area contributed by atoms with Crippen molar-refractivity contribution in [1.82, 2.24) is 9.97 Å². The highest BCUT2D eigenvalue weighted by Crippen LogP contribution is 2.40. The van der Waals surface area contributed by atoms with Gasteiger partial charge in [0.15, 0.2) is 5.82 Å². The highest BCUT2D eigenvalue weighted by atomic mass is 16.3. The molecule has 0 atom stereocenters. The van der Waals surface area contributed by atoms with Crippen molar-refractivity contribution in [2.75, 3.05) is 0 Å². The molecule has 0 aliphatic rings. The summed E-state index contributed by atoms with van der Waals surface area (Å²) < 4.78 is 114. The Morgan fingerprint density at radius 1 is 0.449 bits per heavy atom. The predicted octanol–water partition coefficient (Wildman–Crippen LogP) is 12.5. The summed E-state index contributed by atoms with van der Waals surface area (Å²) in [6.07, 6.45) is 0. The van der Waals surface area contributed by atoms with Crippen LogP contribution in [0.5, 0.6) is 0 Å². The van der Waals surface area contributed by atoms with E-state index in [1.807, 2.05) is 72.8 Å². The Kier molecular flexibility index (Phi) is 4.06. The first-order valence-corrected chi connectivity index (χ1v) is 15.6. The van der Waals surface area contributed by atoms with E-state index in [1.54, 1.807) is 12.1 Å². The number of hydrogen-bond acceptors (Lipinski definition) is 3. The van der Waals surface area contributed by atoms with Gasteiger partial charge >= 0.3 is 0 Å². The fourth-order valence-electron chi connectivity index (χ4n) is 6.35. The zero-order chi connectivity index (χ0) is 42.8. The molecule has 0 unspecified atom stereocenters. The maximum atomic E-state index is 9.69. The number of nitrogens with zero attached hydrogens (tertiary/aromatic N) is 2. The Balaban J connectivity index is 1.35. The molecule has 0 bridgehead atoms. The van der Waals surface area contributed by atoms with E-state index in [1.165, 1.54) is 12.1 Å². The third-order valence-corrected chi connectivity index (χ3v) is 8.70. The van der Waals surface area contributed by atoms with Crippen molar-refractivity contribution in [3.63, 3.8) is 0 Å². The summed E-state index contributed by atoms with van der Waals surface area (Å²) in [4.78, 5) is 9.77. The van der Waals surface area contributed by atoms with Gasteiger partial charge in [-0.25, -0.2) is 9.97 Å². The lowest BCUT2D eigenvalue weighted by Crippen LogP contribution is -1.96.